The van der Waals surface area contributed by atoms with Gasteiger partial charge in [0, 0.05) is 12.1 Å². The fourth-order valence-electron chi connectivity index (χ4n) is 2.76. The van der Waals surface area contributed by atoms with Crippen molar-refractivity contribution in [3.05, 3.63) is 89.1 Å². The Morgan fingerprint density at radius 2 is 1.72 bits per heavy atom. The number of ether oxygens (including phenoxy) is 1. The molecular weight excluding hydrogens is 373 g/mol. The minimum absolute atomic E-state index is 0.00742. The van der Waals surface area contributed by atoms with Gasteiger partial charge < -0.3 is 14.5 Å². The summed E-state index contributed by atoms with van der Waals surface area (Å²) in [7, 11) is 0. The van der Waals surface area contributed by atoms with Crippen LogP contribution in [-0.4, -0.2) is 18.2 Å². The first-order valence-electron chi connectivity index (χ1n) is 9.28. The van der Waals surface area contributed by atoms with Gasteiger partial charge in [0.1, 0.15) is 23.9 Å². The first-order valence-corrected chi connectivity index (χ1v) is 9.28. The molecule has 1 N–H and O–H groups in total. The summed E-state index contributed by atoms with van der Waals surface area (Å²) in [6, 6.07) is 16.3. The largest absolute Gasteiger partial charge is 0.486 e. The zero-order valence-electron chi connectivity index (χ0n) is 16.3. The predicted molar refractivity (Wildman–Crippen MR) is 107 cm³/mol. The van der Waals surface area contributed by atoms with Crippen molar-refractivity contribution in [3.63, 3.8) is 0 Å². The summed E-state index contributed by atoms with van der Waals surface area (Å²) in [5, 5.41) is 2.82. The number of benzene rings is 2. The summed E-state index contributed by atoms with van der Waals surface area (Å²) in [4.78, 5) is 23.6. The van der Waals surface area contributed by atoms with Crippen LogP contribution >= 0.6 is 0 Å². The molecule has 5 nitrogen and oxygen atoms in total. The highest BCUT2D eigenvalue weighted by Crippen LogP contribution is 2.17. The summed E-state index contributed by atoms with van der Waals surface area (Å²) >= 11 is 0. The van der Waals surface area contributed by atoms with Crippen LogP contribution in [0.25, 0.3) is 0 Å². The van der Waals surface area contributed by atoms with Crippen LogP contribution < -0.4 is 10.1 Å². The number of Topliss-reactive ketones (excluding diaryl/α,β-unsaturated/α-hetero) is 1. The molecule has 1 aromatic heterocycles. The van der Waals surface area contributed by atoms with E-state index in [1.165, 1.54) is 19.1 Å². The standard InChI is InChI=1S/C23H22FNO4/c1-15(17-3-7-19(24)8-4-17)13-25-23(27)22-12-11-21(29-22)14-28-20-9-5-18(6-10-20)16(2)26/h3-12,15H,13-14H2,1-2H3,(H,25,27). The molecule has 0 saturated heterocycles. The van der Waals surface area contributed by atoms with Gasteiger partial charge in [-0.3, -0.25) is 9.59 Å². The smallest absolute Gasteiger partial charge is 0.287 e. The number of ketones is 1. The molecule has 150 valence electrons. The minimum Gasteiger partial charge on any atom is -0.486 e. The molecule has 0 spiro atoms. The predicted octanol–water partition coefficient (Wildman–Crippen LogP) is 4.73. The average Bonchev–Trinajstić information content (AvgIpc) is 3.20. The van der Waals surface area contributed by atoms with Crippen molar-refractivity contribution in [2.75, 3.05) is 6.54 Å². The van der Waals surface area contributed by atoms with Gasteiger partial charge in [-0.15, -0.1) is 0 Å². The maximum Gasteiger partial charge on any atom is 0.287 e. The monoisotopic (exact) mass is 395 g/mol. The second kappa shape index (κ2) is 9.19. The van der Waals surface area contributed by atoms with Crippen molar-refractivity contribution in [3.8, 4) is 5.75 Å². The zero-order chi connectivity index (χ0) is 20.8. The molecule has 6 heteroatoms. The van der Waals surface area contributed by atoms with Gasteiger partial charge in [0.15, 0.2) is 11.5 Å². The van der Waals surface area contributed by atoms with Crippen molar-refractivity contribution in [2.24, 2.45) is 0 Å². The van der Waals surface area contributed by atoms with Crippen LogP contribution in [0.3, 0.4) is 0 Å². The molecule has 0 saturated carbocycles. The third-order valence-corrected chi connectivity index (χ3v) is 4.54. The maximum atomic E-state index is 13.0. The van der Waals surface area contributed by atoms with Crippen LogP contribution in [-0.2, 0) is 6.61 Å². The molecule has 0 bridgehead atoms. The Balaban J connectivity index is 1.50. The molecule has 3 aromatic rings. The number of hydrogen-bond donors (Lipinski definition) is 1. The Morgan fingerprint density at radius 1 is 1.03 bits per heavy atom. The van der Waals surface area contributed by atoms with Crippen LogP contribution in [0.15, 0.2) is 65.1 Å². The average molecular weight is 395 g/mol. The molecule has 0 aliphatic carbocycles. The van der Waals surface area contributed by atoms with Crippen molar-refractivity contribution in [1.29, 1.82) is 0 Å². The highest BCUT2D eigenvalue weighted by molar-refractivity contribution is 5.94. The number of carbonyl (C=O) groups is 2. The number of rotatable bonds is 8. The SMILES string of the molecule is CC(=O)c1ccc(OCc2ccc(C(=O)NCC(C)c3ccc(F)cc3)o2)cc1. The minimum atomic E-state index is -0.323. The van der Waals surface area contributed by atoms with Gasteiger partial charge in [0.25, 0.3) is 5.91 Å². The number of halogens is 1. The molecule has 1 unspecified atom stereocenters. The van der Waals surface area contributed by atoms with Gasteiger partial charge in [-0.05, 0) is 66.9 Å². The first-order chi connectivity index (χ1) is 13.9. The van der Waals surface area contributed by atoms with E-state index in [0.29, 0.717) is 23.6 Å². The Hall–Kier alpha value is -3.41. The molecule has 0 radical (unpaired) electrons. The van der Waals surface area contributed by atoms with Crippen LogP contribution in [0.1, 0.15) is 52.0 Å². The van der Waals surface area contributed by atoms with E-state index >= 15 is 0 Å². The highest BCUT2D eigenvalue weighted by Gasteiger charge is 2.14. The molecule has 0 aliphatic rings. The van der Waals surface area contributed by atoms with Crippen LogP contribution in [0.2, 0.25) is 0 Å². The number of nitrogens with one attached hydrogen (secondary N) is 1. The van der Waals surface area contributed by atoms with E-state index in [9.17, 15) is 14.0 Å². The van der Waals surface area contributed by atoms with Crippen molar-refractivity contribution < 1.29 is 23.1 Å². The normalized spacial score (nSPS) is 11.7. The number of carbonyl (C=O) groups excluding carboxylic acids is 2. The van der Waals surface area contributed by atoms with Gasteiger partial charge in [0.05, 0.1) is 0 Å². The van der Waals surface area contributed by atoms with Gasteiger partial charge >= 0.3 is 0 Å². The molecule has 3 rings (SSSR count). The molecule has 0 fully saturated rings. The number of hydrogen-bond acceptors (Lipinski definition) is 4. The fourth-order valence-corrected chi connectivity index (χ4v) is 2.76. The molecule has 1 heterocycles. The second-order valence-corrected chi connectivity index (χ2v) is 6.80. The maximum absolute atomic E-state index is 13.0. The molecule has 1 atom stereocenters. The van der Waals surface area contributed by atoms with Crippen LogP contribution in [0.5, 0.6) is 5.75 Å². The Bertz CT molecular complexity index is 977. The van der Waals surface area contributed by atoms with E-state index in [4.69, 9.17) is 9.15 Å². The van der Waals surface area contributed by atoms with Crippen molar-refractivity contribution >= 4 is 11.7 Å². The van der Waals surface area contributed by atoms with Crippen molar-refractivity contribution in [2.45, 2.75) is 26.4 Å². The first kappa shape index (κ1) is 20.3. The van der Waals surface area contributed by atoms with Gasteiger partial charge in [-0.2, -0.15) is 0 Å². The van der Waals surface area contributed by atoms with E-state index in [2.05, 4.69) is 5.32 Å². The van der Waals surface area contributed by atoms with Gasteiger partial charge in [-0.1, -0.05) is 19.1 Å². The van der Waals surface area contributed by atoms with Gasteiger partial charge in [-0.25, -0.2) is 4.39 Å². The Labute approximate surface area is 168 Å². The number of furan rings is 1. The Morgan fingerprint density at radius 3 is 2.38 bits per heavy atom. The topological polar surface area (TPSA) is 68.5 Å². The molecule has 29 heavy (non-hydrogen) atoms. The van der Waals surface area contributed by atoms with E-state index in [-0.39, 0.29) is 35.8 Å². The highest BCUT2D eigenvalue weighted by atomic mass is 19.1. The third kappa shape index (κ3) is 5.54. The number of amides is 1. The van der Waals surface area contributed by atoms with E-state index < -0.39 is 0 Å². The van der Waals surface area contributed by atoms with Crippen LogP contribution in [0, 0.1) is 5.82 Å². The molecular formula is C23H22FNO4. The lowest BCUT2D eigenvalue weighted by Crippen LogP contribution is -2.27. The quantitative estimate of drug-likeness (QED) is 0.560. The lowest BCUT2D eigenvalue weighted by Gasteiger charge is -2.12. The summed E-state index contributed by atoms with van der Waals surface area (Å²) in [6.45, 7) is 4.02. The lowest BCUT2D eigenvalue weighted by molar-refractivity contribution is 0.0919. The lowest BCUT2D eigenvalue weighted by atomic mass is 10.0. The summed E-state index contributed by atoms with van der Waals surface area (Å²) in [6.07, 6.45) is 0. The van der Waals surface area contributed by atoms with Crippen LogP contribution in [0.4, 0.5) is 4.39 Å². The van der Waals surface area contributed by atoms with E-state index in [1.807, 2.05) is 6.92 Å². The second-order valence-electron chi connectivity index (χ2n) is 6.80. The third-order valence-electron chi connectivity index (χ3n) is 4.54. The molecule has 2 aromatic carbocycles. The summed E-state index contributed by atoms with van der Waals surface area (Å²) in [5.74, 6) is 0.730. The van der Waals surface area contributed by atoms with Gasteiger partial charge in [0.2, 0.25) is 0 Å². The molecule has 1 amide bonds. The fraction of sp³-hybridized carbons (Fsp3) is 0.217. The van der Waals surface area contributed by atoms with E-state index in [0.717, 1.165) is 5.56 Å². The Kier molecular flexibility index (Phi) is 6.44. The van der Waals surface area contributed by atoms with Crippen molar-refractivity contribution in [1.82, 2.24) is 5.32 Å². The summed E-state index contributed by atoms with van der Waals surface area (Å²) in [5.41, 5.74) is 1.56. The zero-order valence-corrected chi connectivity index (χ0v) is 16.3. The van der Waals surface area contributed by atoms with E-state index in [1.54, 1.807) is 48.5 Å². The summed E-state index contributed by atoms with van der Waals surface area (Å²) < 4.78 is 24.2. The molecule has 0 aliphatic heterocycles.